The summed E-state index contributed by atoms with van der Waals surface area (Å²) in [6.07, 6.45) is 2.40. The molecule has 0 saturated heterocycles. The van der Waals surface area contributed by atoms with E-state index in [1.165, 1.54) is 0 Å². The molecule has 3 rings (SSSR count). The maximum atomic E-state index is 11.1. The number of carbonyl (C=O) groups is 1. The second-order valence-electron chi connectivity index (χ2n) is 6.02. The van der Waals surface area contributed by atoms with Crippen molar-refractivity contribution in [3.05, 3.63) is 51.4 Å². The SMILES string of the molecule is CCOc1cc(/C=C(\CCC(=O)O)c2nc3ccccc3s2)cc(Br)c1OC. The lowest BCUT2D eigenvalue weighted by atomic mass is 10.1. The summed E-state index contributed by atoms with van der Waals surface area (Å²) >= 11 is 5.09. The van der Waals surface area contributed by atoms with Gasteiger partial charge in [-0.15, -0.1) is 11.3 Å². The molecule has 7 heteroatoms. The fraction of sp³-hybridized carbons (Fsp3) is 0.238. The van der Waals surface area contributed by atoms with Crippen molar-refractivity contribution in [2.24, 2.45) is 0 Å². The quantitative estimate of drug-likeness (QED) is 0.453. The summed E-state index contributed by atoms with van der Waals surface area (Å²) < 4.78 is 12.9. The van der Waals surface area contributed by atoms with Crippen LogP contribution in [0.5, 0.6) is 11.5 Å². The first-order chi connectivity index (χ1) is 13.5. The van der Waals surface area contributed by atoms with Crippen LogP contribution >= 0.6 is 27.3 Å². The van der Waals surface area contributed by atoms with Gasteiger partial charge in [-0.1, -0.05) is 12.1 Å². The average Bonchev–Trinajstić information content (AvgIpc) is 3.09. The molecule has 0 bridgehead atoms. The molecule has 0 radical (unpaired) electrons. The van der Waals surface area contributed by atoms with Crippen LogP contribution in [0.25, 0.3) is 21.9 Å². The van der Waals surface area contributed by atoms with Gasteiger partial charge in [-0.05, 0) is 70.8 Å². The number of hydrogen-bond donors (Lipinski definition) is 1. The van der Waals surface area contributed by atoms with Gasteiger partial charge in [0.15, 0.2) is 11.5 Å². The number of nitrogens with zero attached hydrogens (tertiary/aromatic N) is 1. The normalized spacial score (nSPS) is 11.6. The van der Waals surface area contributed by atoms with E-state index in [2.05, 4.69) is 15.9 Å². The predicted molar refractivity (Wildman–Crippen MR) is 116 cm³/mol. The molecule has 0 aliphatic carbocycles. The lowest BCUT2D eigenvalue weighted by Gasteiger charge is -2.12. The first kappa shape index (κ1) is 20.4. The van der Waals surface area contributed by atoms with E-state index in [1.54, 1.807) is 18.4 Å². The van der Waals surface area contributed by atoms with E-state index in [9.17, 15) is 4.79 Å². The number of benzene rings is 2. The lowest BCUT2D eigenvalue weighted by Crippen LogP contribution is -1.98. The Morgan fingerprint density at radius 1 is 1.29 bits per heavy atom. The largest absolute Gasteiger partial charge is 0.492 e. The number of ether oxygens (including phenoxy) is 2. The predicted octanol–water partition coefficient (Wildman–Crippen LogP) is 5.87. The van der Waals surface area contributed by atoms with Crippen molar-refractivity contribution in [3.8, 4) is 11.5 Å². The number of rotatable bonds is 8. The van der Waals surface area contributed by atoms with Gasteiger partial charge in [0.1, 0.15) is 5.01 Å². The van der Waals surface area contributed by atoms with E-state index in [1.807, 2.05) is 49.4 Å². The van der Waals surface area contributed by atoms with Crippen LogP contribution in [-0.4, -0.2) is 29.8 Å². The molecule has 1 heterocycles. The number of halogens is 1. The van der Waals surface area contributed by atoms with Gasteiger partial charge < -0.3 is 14.6 Å². The molecule has 28 heavy (non-hydrogen) atoms. The number of aromatic nitrogens is 1. The highest BCUT2D eigenvalue weighted by atomic mass is 79.9. The van der Waals surface area contributed by atoms with Crippen LogP contribution in [0.1, 0.15) is 30.3 Å². The van der Waals surface area contributed by atoms with Gasteiger partial charge in [0.25, 0.3) is 0 Å². The highest BCUT2D eigenvalue weighted by Crippen LogP contribution is 2.38. The maximum absolute atomic E-state index is 11.1. The average molecular weight is 462 g/mol. The molecule has 3 aromatic rings. The number of para-hydroxylation sites is 1. The third-order valence-corrected chi connectivity index (χ3v) is 5.75. The minimum Gasteiger partial charge on any atom is -0.492 e. The van der Waals surface area contributed by atoms with Crippen LogP contribution in [0.3, 0.4) is 0 Å². The van der Waals surface area contributed by atoms with Crippen LogP contribution in [0, 0.1) is 0 Å². The van der Waals surface area contributed by atoms with Gasteiger partial charge in [0, 0.05) is 6.42 Å². The van der Waals surface area contributed by atoms with E-state index in [0.717, 1.165) is 30.8 Å². The molecule has 1 aromatic heterocycles. The van der Waals surface area contributed by atoms with Crippen LogP contribution in [-0.2, 0) is 4.79 Å². The Balaban J connectivity index is 2.06. The molecular formula is C21H20BrNO4S. The van der Waals surface area contributed by atoms with Crippen molar-refractivity contribution in [2.45, 2.75) is 19.8 Å². The Hall–Kier alpha value is -2.38. The molecule has 2 aromatic carbocycles. The fourth-order valence-electron chi connectivity index (χ4n) is 2.83. The van der Waals surface area contributed by atoms with Crippen molar-refractivity contribution in [3.63, 3.8) is 0 Å². The molecule has 1 N–H and O–H groups in total. The van der Waals surface area contributed by atoms with Crippen LogP contribution in [0.15, 0.2) is 40.9 Å². The molecule has 0 aliphatic rings. The van der Waals surface area contributed by atoms with Crippen molar-refractivity contribution in [1.82, 2.24) is 4.98 Å². The van der Waals surface area contributed by atoms with Crippen molar-refractivity contribution in [1.29, 1.82) is 0 Å². The van der Waals surface area contributed by atoms with Gasteiger partial charge in [-0.2, -0.15) is 0 Å². The number of carboxylic acid groups (broad SMARTS) is 1. The summed E-state index contributed by atoms with van der Waals surface area (Å²) in [5.41, 5.74) is 2.67. The van der Waals surface area contributed by atoms with Gasteiger partial charge in [0.05, 0.1) is 28.4 Å². The van der Waals surface area contributed by atoms with Gasteiger partial charge in [-0.25, -0.2) is 4.98 Å². The molecule has 0 aliphatic heterocycles. The number of aliphatic carboxylic acids is 1. The minimum atomic E-state index is -0.835. The Labute approximate surface area is 175 Å². The highest BCUT2D eigenvalue weighted by molar-refractivity contribution is 9.10. The Morgan fingerprint density at radius 2 is 2.07 bits per heavy atom. The monoisotopic (exact) mass is 461 g/mol. The molecule has 0 amide bonds. The first-order valence-corrected chi connectivity index (χ1v) is 10.4. The third-order valence-electron chi connectivity index (χ3n) is 4.05. The maximum Gasteiger partial charge on any atom is 0.303 e. The summed E-state index contributed by atoms with van der Waals surface area (Å²) in [5.74, 6) is 0.427. The van der Waals surface area contributed by atoms with Gasteiger partial charge >= 0.3 is 5.97 Å². The van der Waals surface area contributed by atoms with E-state index in [4.69, 9.17) is 19.6 Å². The molecular weight excluding hydrogens is 442 g/mol. The molecule has 5 nitrogen and oxygen atoms in total. The first-order valence-electron chi connectivity index (χ1n) is 8.80. The summed E-state index contributed by atoms with van der Waals surface area (Å²) in [6, 6.07) is 11.7. The number of hydrogen-bond acceptors (Lipinski definition) is 5. The molecule has 146 valence electrons. The second-order valence-corrected chi connectivity index (χ2v) is 7.90. The van der Waals surface area contributed by atoms with Crippen molar-refractivity contribution in [2.75, 3.05) is 13.7 Å². The van der Waals surface area contributed by atoms with Crippen LogP contribution < -0.4 is 9.47 Å². The second kappa shape index (κ2) is 9.21. The summed E-state index contributed by atoms with van der Waals surface area (Å²) in [6.45, 7) is 2.43. The van der Waals surface area contributed by atoms with E-state index < -0.39 is 5.97 Å². The van der Waals surface area contributed by atoms with Crippen molar-refractivity contribution >= 4 is 55.1 Å². The minimum absolute atomic E-state index is 0.0391. The number of methoxy groups -OCH3 is 1. The van der Waals surface area contributed by atoms with Crippen LogP contribution in [0.4, 0.5) is 0 Å². The number of thiazole rings is 1. The van der Waals surface area contributed by atoms with E-state index in [0.29, 0.717) is 24.5 Å². The number of carboxylic acids is 1. The molecule has 0 spiro atoms. The topological polar surface area (TPSA) is 68.7 Å². The van der Waals surface area contributed by atoms with E-state index >= 15 is 0 Å². The Morgan fingerprint density at radius 3 is 2.75 bits per heavy atom. The lowest BCUT2D eigenvalue weighted by molar-refractivity contribution is -0.136. The van der Waals surface area contributed by atoms with Gasteiger partial charge in [0.2, 0.25) is 0 Å². The number of fused-ring (bicyclic) bond motifs is 1. The fourth-order valence-corrected chi connectivity index (χ4v) is 4.46. The molecule has 0 fully saturated rings. The third kappa shape index (κ3) is 4.72. The van der Waals surface area contributed by atoms with E-state index in [-0.39, 0.29) is 6.42 Å². The summed E-state index contributed by atoms with van der Waals surface area (Å²) in [4.78, 5) is 15.8. The molecule has 0 atom stereocenters. The van der Waals surface area contributed by atoms with Crippen LogP contribution in [0.2, 0.25) is 0 Å². The Bertz CT molecular complexity index is 995. The highest BCUT2D eigenvalue weighted by Gasteiger charge is 2.14. The molecule has 0 unspecified atom stereocenters. The molecule has 0 saturated carbocycles. The summed E-state index contributed by atoms with van der Waals surface area (Å²) in [7, 11) is 1.59. The zero-order valence-corrected chi connectivity index (χ0v) is 18.0. The zero-order valence-electron chi connectivity index (χ0n) is 15.6. The number of allylic oxidation sites excluding steroid dienone is 1. The van der Waals surface area contributed by atoms with Crippen molar-refractivity contribution < 1.29 is 19.4 Å². The summed E-state index contributed by atoms with van der Waals surface area (Å²) in [5, 5.41) is 9.98. The zero-order chi connectivity index (χ0) is 20.1. The smallest absolute Gasteiger partial charge is 0.303 e. The Kier molecular flexibility index (Phi) is 6.70. The van der Waals surface area contributed by atoms with Gasteiger partial charge in [-0.3, -0.25) is 4.79 Å². The standard InChI is InChI=1S/C21H20BrNO4S/c1-3-27-17-12-13(11-15(22)20(17)26-2)10-14(8-9-19(24)25)21-23-16-6-4-5-7-18(16)28-21/h4-7,10-12H,3,8-9H2,1-2H3,(H,24,25)/b14-10+.